The summed E-state index contributed by atoms with van der Waals surface area (Å²) in [6, 6.07) is 13.2. The van der Waals surface area contributed by atoms with Gasteiger partial charge in [0.05, 0.1) is 33.1 Å². The Bertz CT molecular complexity index is 1680. The molecule has 47 heavy (non-hydrogen) atoms. The third-order valence-corrected chi connectivity index (χ3v) is 8.17. The van der Waals surface area contributed by atoms with E-state index in [1.807, 2.05) is 38.1 Å². The number of methoxy groups -OCH3 is 3. The number of fused-ring (bicyclic) bond motifs is 3. The van der Waals surface area contributed by atoms with Crippen LogP contribution in [0, 0.1) is 5.92 Å². The molecule has 0 heterocycles. The van der Waals surface area contributed by atoms with Crippen molar-refractivity contribution in [1.29, 1.82) is 0 Å². The number of rotatable bonds is 13. The first-order valence-electron chi connectivity index (χ1n) is 15.6. The van der Waals surface area contributed by atoms with Crippen molar-refractivity contribution in [1.82, 2.24) is 10.6 Å². The number of carbonyl (C=O) groups excluding carboxylic acids is 2. The van der Waals surface area contributed by atoms with E-state index < -0.39 is 35.4 Å². The molecule has 0 bridgehead atoms. The molecule has 3 atom stereocenters. The van der Waals surface area contributed by atoms with Gasteiger partial charge in [0, 0.05) is 18.9 Å². The molecule has 0 unspecified atom stereocenters. The molecule has 0 aromatic heterocycles. The number of ether oxygens (including phenoxy) is 3. The molecule has 250 valence electrons. The molecular weight excluding hydrogens is 602 g/mol. The number of carboxylic acids is 1. The first-order valence-corrected chi connectivity index (χ1v) is 15.6. The predicted molar refractivity (Wildman–Crippen MR) is 179 cm³/mol. The molecule has 0 spiro atoms. The first-order chi connectivity index (χ1) is 22.5. The smallest absolute Gasteiger partial charge is 0.326 e. The van der Waals surface area contributed by atoms with E-state index in [9.17, 15) is 24.3 Å². The summed E-state index contributed by atoms with van der Waals surface area (Å²) in [6.45, 7) is 5.30. The van der Waals surface area contributed by atoms with Crippen LogP contribution in [0.1, 0.15) is 56.3 Å². The lowest BCUT2D eigenvalue weighted by Gasteiger charge is -2.23. The SMILES string of the molecule is COc1cc2c(c(OC)c1OC)-c1ccc(N[C@@H](CC(C)C)C(=O)N[C@@H](Cc3ccccc3)C(=O)O)c(=O)cc1[C@@H](NC(C)=O)CC2. The van der Waals surface area contributed by atoms with Crippen LogP contribution in [0.5, 0.6) is 17.2 Å². The van der Waals surface area contributed by atoms with Crippen LogP contribution in [0.4, 0.5) is 5.69 Å². The summed E-state index contributed by atoms with van der Waals surface area (Å²) in [4.78, 5) is 51.9. The highest BCUT2D eigenvalue weighted by atomic mass is 16.5. The van der Waals surface area contributed by atoms with Crippen LogP contribution in [0.2, 0.25) is 0 Å². The fraction of sp³-hybridized carbons (Fsp3) is 0.389. The van der Waals surface area contributed by atoms with Crippen LogP contribution in [0.15, 0.2) is 59.4 Å². The van der Waals surface area contributed by atoms with Gasteiger partial charge in [0.25, 0.3) is 0 Å². The lowest BCUT2D eigenvalue weighted by atomic mass is 9.95. The highest BCUT2D eigenvalue weighted by Crippen LogP contribution is 2.50. The summed E-state index contributed by atoms with van der Waals surface area (Å²) < 4.78 is 17.1. The molecule has 0 fully saturated rings. The Kier molecular flexibility index (Phi) is 11.5. The first kappa shape index (κ1) is 34.8. The number of carboxylic acid groups (broad SMARTS) is 1. The molecule has 3 aromatic carbocycles. The van der Waals surface area contributed by atoms with Gasteiger partial charge in [-0.1, -0.05) is 50.2 Å². The summed E-state index contributed by atoms with van der Waals surface area (Å²) in [5.41, 5.74) is 3.35. The zero-order valence-corrected chi connectivity index (χ0v) is 27.6. The Hall–Kier alpha value is -5.06. The van der Waals surface area contributed by atoms with Gasteiger partial charge in [-0.3, -0.25) is 14.4 Å². The van der Waals surface area contributed by atoms with Gasteiger partial charge in [-0.15, -0.1) is 0 Å². The van der Waals surface area contributed by atoms with Crippen LogP contribution in [-0.4, -0.2) is 56.3 Å². The van der Waals surface area contributed by atoms with E-state index in [-0.39, 0.29) is 23.9 Å². The molecule has 11 nitrogen and oxygen atoms in total. The van der Waals surface area contributed by atoms with Gasteiger partial charge >= 0.3 is 5.97 Å². The van der Waals surface area contributed by atoms with E-state index >= 15 is 0 Å². The average Bonchev–Trinajstić information content (AvgIpc) is 3.27. The van der Waals surface area contributed by atoms with Gasteiger partial charge < -0.3 is 35.3 Å². The molecular formula is C36H43N3O8. The van der Waals surface area contributed by atoms with Gasteiger partial charge in [-0.25, -0.2) is 4.79 Å². The molecule has 1 aliphatic rings. The van der Waals surface area contributed by atoms with Crippen LogP contribution in [0.25, 0.3) is 11.1 Å². The molecule has 4 rings (SSSR count). The minimum absolute atomic E-state index is 0.0441. The zero-order valence-electron chi connectivity index (χ0n) is 27.6. The summed E-state index contributed by atoms with van der Waals surface area (Å²) >= 11 is 0. The monoisotopic (exact) mass is 645 g/mol. The topological polar surface area (TPSA) is 152 Å². The number of nitrogens with one attached hydrogen (secondary N) is 3. The number of aryl methyl sites for hydroxylation is 1. The van der Waals surface area contributed by atoms with Crippen LogP contribution < -0.4 is 35.6 Å². The molecule has 2 amide bonds. The summed E-state index contributed by atoms with van der Waals surface area (Å²) in [5.74, 6) is -0.588. The maximum absolute atomic E-state index is 13.9. The normalized spacial score (nSPS) is 14.8. The van der Waals surface area contributed by atoms with E-state index in [0.717, 1.165) is 11.1 Å². The van der Waals surface area contributed by atoms with Crippen LogP contribution in [-0.2, 0) is 27.2 Å². The van der Waals surface area contributed by atoms with E-state index in [1.54, 1.807) is 31.4 Å². The Morgan fingerprint density at radius 2 is 1.64 bits per heavy atom. The second-order valence-electron chi connectivity index (χ2n) is 12.0. The van der Waals surface area contributed by atoms with E-state index in [4.69, 9.17) is 14.2 Å². The average molecular weight is 646 g/mol. The number of hydrogen-bond acceptors (Lipinski definition) is 8. The minimum Gasteiger partial charge on any atom is -0.493 e. The quantitative estimate of drug-likeness (QED) is 0.211. The predicted octanol–water partition coefficient (Wildman–Crippen LogP) is 4.50. The zero-order chi connectivity index (χ0) is 34.2. The van der Waals surface area contributed by atoms with Gasteiger partial charge in [-0.2, -0.15) is 0 Å². The van der Waals surface area contributed by atoms with Crippen molar-refractivity contribution >= 4 is 23.5 Å². The molecule has 11 heteroatoms. The molecule has 4 N–H and O–H groups in total. The van der Waals surface area contributed by atoms with Crippen molar-refractivity contribution in [3.63, 3.8) is 0 Å². The highest BCUT2D eigenvalue weighted by molar-refractivity contribution is 5.89. The molecule has 0 saturated carbocycles. The Balaban J connectivity index is 1.79. The second kappa shape index (κ2) is 15.5. The Morgan fingerprint density at radius 3 is 2.23 bits per heavy atom. The summed E-state index contributed by atoms with van der Waals surface area (Å²) in [6.07, 6.45) is 1.50. The van der Waals surface area contributed by atoms with Crippen molar-refractivity contribution in [2.75, 3.05) is 26.6 Å². The van der Waals surface area contributed by atoms with Crippen LogP contribution in [0.3, 0.4) is 0 Å². The van der Waals surface area contributed by atoms with E-state index in [2.05, 4.69) is 16.0 Å². The van der Waals surface area contributed by atoms with Gasteiger partial charge in [0.2, 0.25) is 23.0 Å². The lowest BCUT2D eigenvalue weighted by Crippen LogP contribution is -2.49. The van der Waals surface area contributed by atoms with Gasteiger partial charge in [0.15, 0.2) is 11.5 Å². The standard InChI is InChI=1S/C36H43N3O8/c1-20(2)16-28(35(42)39-29(36(43)44)17-22-10-8-7-9-11-22)38-27-15-13-24-25(19-30(27)41)26(37-21(3)40)14-12-23-18-31(45-4)33(46-5)34(47-6)32(23)24/h7-11,13,15,18-20,26,28-29H,12,14,16-17H2,1-6H3,(H,37,40)(H,38,41)(H,39,42)(H,43,44)/t26-,28-,29-/m0/s1. The van der Waals surface area contributed by atoms with Crippen molar-refractivity contribution in [3.05, 3.63) is 81.5 Å². The molecule has 1 aliphatic carbocycles. The maximum Gasteiger partial charge on any atom is 0.326 e. The number of carbonyl (C=O) groups is 3. The number of benzene rings is 2. The number of aliphatic carboxylic acids is 1. The fourth-order valence-electron chi connectivity index (χ4n) is 6.04. The van der Waals surface area contributed by atoms with Crippen molar-refractivity contribution in [2.24, 2.45) is 5.92 Å². The Labute approximate surface area is 274 Å². The minimum atomic E-state index is -1.16. The third-order valence-electron chi connectivity index (χ3n) is 8.17. The molecule has 3 aromatic rings. The summed E-state index contributed by atoms with van der Waals surface area (Å²) in [7, 11) is 4.59. The van der Waals surface area contributed by atoms with E-state index in [1.165, 1.54) is 27.2 Å². The third kappa shape index (κ3) is 8.21. The number of amides is 2. The summed E-state index contributed by atoms with van der Waals surface area (Å²) in [5, 5.41) is 18.7. The largest absolute Gasteiger partial charge is 0.493 e. The Morgan fingerprint density at radius 1 is 0.936 bits per heavy atom. The van der Waals surface area contributed by atoms with Crippen molar-refractivity contribution in [2.45, 2.75) is 64.6 Å². The van der Waals surface area contributed by atoms with Gasteiger partial charge in [-0.05, 0) is 65.6 Å². The second-order valence-corrected chi connectivity index (χ2v) is 12.0. The fourth-order valence-corrected chi connectivity index (χ4v) is 6.04. The molecule has 0 saturated heterocycles. The number of hydrogen-bond donors (Lipinski definition) is 4. The lowest BCUT2D eigenvalue weighted by molar-refractivity contribution is -0.141. The van der Waals surface area contributed by atoms with Gasteiger partial charge in [0.1, 0.15) is 12.1 Å². The highest BCUT2D eigenvalue weighted by Gasteiger charge is 2.31. The van der Waals surface area contributed by atoms with Crippen LogP contribution >= 0.6 is 0 Å². The number of anilines is 1. The van der Waals surface area contributed by atoms with E-state index in [0.29, 0.717) is 53.2 Å². The van der Waals surface area contributed by atoms with Crippen molar-refractivity contribution in [3.8, 4) is 28.4 Å². The van der Waals surface area contributed by atoms with Crippen molar-refractivity contribution < 1.29 is 33.7 Å². The molecule has 0 radical (unpaired) electrons. The maximum atomic E-state index is 13.9. The molecule has 0 aliphatic heterocycles.